The van der Waals surface area contributed by atoms with E-state index in [1.54, 1.807) is 27.7 Å². The van der Waals surface area contributed by atoms with Crippen molar-refractivity contribution >= 4 is 17.7 Å². The molecule has 0 spiro atoms. The summed E-state index contributed by atoms with van der Waals surface area (Å²) in [6.07, 6.45) is -1.05. The van der Waals surface area contributed by atoms with Crippen molar-refractivity contribution in [1.29, 1.82) is 0 Å². The number of hydrogen-bond donors (Lipinski definition) is 6. The molecule has 18 atom stereocenters. The summed E-state index contributed by atoms with van der Waals surface area (Å²) < 4.78 is 51.7. The highest BCUT2D eigenvalue weighted by atomic mass is 19.1. The van der Waals surface area contributed by atoms with Gasteiger partial charge in [-0.15, -0.1) is 0 Å². The second-order valence-corrected chi connectivity index (χ2v) is 20.2. The van der Waals surface area contributed by atoms with Gasteiger partial charge in [0, 0.05) is 35.9 Å². The average molecular weight is 881 g/mol. The number of rotatable bonds is 8. The van der Waals surface area contributed by atoms with Gasteiger partial charge >= 0.3 is 5.97 Å². The van der Waals surface area contributed by atoms with Crippen molar-refractivity contribution < 1.29 is 62.9 Å². The van der Waals surface area contributed by atoms with Gasteiger partial charge in [0.1, 0.15) is 24.0 Å². The molecule has 0 aromatic heterocycles. The molecule has 4 aliphatic carbocycles. The van der Waals surface area contributed by atoms with Crippen LogP contribution < -0.4 is 5.32 Å². The zero-order chi connectivity index (χ0) is 45.5. The summed E-state index contributed by atoms with van der Waals surface area (Å²) >= 11 is 0. The van der Waals surface area contributed by atoms with Crippen LogP contribution >= 0.6 is 0 Å². The summed E-state index contributed by atoms with van der Waals surface area (Å²) in [5.74, 6) is -4.06. The second-order valence-electron chi connectivity index (χ2n) is 20.2. The molecule has 62 heavy (non-hydrogen) atoms. The van der Waals surface area contributed by atoms with Gasteiger partial charge in [-0.3, -0.25) is 19.3 Å². The summed E-state index contributed by atoms with van der Waals surface area (Å²) in [6.45, 7) is 13.3. The van der Waals surface area contributed by atoms with Crippen molar-refractivity contribution in [2.24, 2.45) is 34.5 Å². The molecular formula is C47H74F2N2O11. The van der Waals surface area contributed by atoms with E-state index in [1.807, 2.05) is 18.7 Å². The monoisotopic (exact) mass is 881 g/mol. The first-order valence-electron chi connectivity index (χ1n) is 23.4. The summed E-state index contributed by atoms with van der Waals surface area (Å²) in [6, 6.07) is -0.635. The lowest BCUT2D eigenvalue weighted by atomic mass is 9.44. The Hall–Kier alpha value is -2.37. The zero-order valence-corrected chi connectivity index (χ0v) is 37.8. The van der Waals surface area contributed by atoms with Gasteiger partial charge < -0.3 is 45.1 Å². The van der Waals surface area contributed by atoms with Gasteiger partial charge in [-0.25, -0.2) is 8.78 Å². The summed E-state index contributed by atoms with van der Waals surface area (Å²) in [5.41, 5.74) is -7.12. The van der Waals surface area contributed by atoms with Gasteiger partial charge in [0.2, 0.25) is 0 Å². The topological polar surface area (TPSA) is 195 Å². The normalized spacial score (nSPS) is 47.2. The van der Waals surface area contributed by atoms with E-state index in [-0.39, 0.29) is 56.2 Å². The molecule has 15 heteroatoms. The smallest absolute Gasteiger partial charge is 0.309 e. The Bertz CT molecular complexity index is 1690. The number of carbonyl (C=O) groups is 3. The molecule has 2 aliphatic heterocycles. The Morgan fingerprint density at radius 2 is 1.73 bits per heavy atom. The number of amides is 1. The molecule has 6 rings (SSSR count). The maximum absolute atomic E-state index is 17.6. The third-order valence-electron chi connectivity index (χ3n) is 16.3. The summed E-state index contributed by atoms with van der Waals surface area (Å²) in [4.78, 5) is 41.5. The maximum atomic E-state index is 17.6. The van der Waals surface area contributed by atoms with Gasteiger partial charge in [-0.1, -0.05) is 33.8 Å². The number of ether oxygens (including phenoxy) is 3. The molecule has 13 nitrogen and oxygen atoms in total. The Morgan fingerprint density at radius 3 is 2.42 bits per heavy atom. The van der Waals surface area contributed by atoms with Crippen molar-refractivity contribution in [3.63, 3.8) is 0 Å². The standard InChI is InChI=1S/C47H74F2N2O11/c1-8-36-40(56)39(55)29(5)51(20-10-13-35(53)41(26(2)22-27(3)42(57)61-36)62-38-14-9-12-28(4)60-38)21-11-19-50-43(58)46(59)18-16-31-32-24-34(48)33-23-30(52)15-17-44(33,6)47(32,49)37(54)25-45(31,46)7/h15,17,23,26-29,31-32,34-41,53-56,59H,8-14,16,18-22,24-25H2,1-7H3,(H,50,58)/t26-,27+,28?,29+,31?,32?,34-,35+,36+,37-,38?,39+,40+,41?,44-,45-,46-,47-/m0/s1. The lowest BCUT2D eigenvalue weighted by Crippen LogP contribution is -2.70. The van der Waals surface area contributed by atoms with Crippen molar-refractivity contribution in [1.82, 2.24) is 10.2 Å². The first kappa shape index (κ1) is 49.1. The molecule has 2 heterocycles. The molecular weight excluding hydrogens is 807 g/mol. The fraction of sp³-hybridized carbons (Fsp3) is 0.851. The van der Waals surface area contributed by atoms with E-state index in [2.05, 4.69) is 5.32 Å². The highest BCUT2D eigenvalue weighted by molar-refractivity contribution is 6.01. The third-order valence-corrected chi connectivity index (χ3v) is 16.3. The highest BCUT2D eigenvalue weighted by Gasteiger charge is 2.75. The number of nitrogens with one attached hydrogen (secondary N) is 1. The highest BCUT2D eigenvalue weighted by Crippen LogP contribution is 2.70. The van der Waals surface area contributed by atoms with Crippen LogP contribution in [0.25, 0.3) is 0 Å². The van der Waals surface area contributed by atoms with E-state index < -0.39 is 113 Å². The molecule has 3 saturated carbocycles. The van der Waals surface area contributed by atoms with Crippen LogP contribution in [0.4, 0.5) is 8.78 Å². The van der Waals surface area contributed by atoms with Crippen molar-refractivity contribution in [3.8, 4) is 0 Å². The van der Waals surface area contributed by atoms with E-state index in [0.29, 0.717) is 45.2 Å². The molecule has 5 fully saturated rings. The van der Waals surface area contributed by atoms with Gasteiger partial charge in [0.25, 0.3) is 5.91 Å². The van der Waals surface area contributed by atoms with Gasteiger partial charge in [0.15, 0.2) is 17.7 Å². The van der Waals surface area contributed by atoms with Crippen LogP contribution in [0.15, 0.2) is 23.8 Å². The fourth-order valence-corrected chi connectivity index (χ4v) is 12.4. The molecule has 6 N–H and O–H groups in total. The minimum atomic E-state index is -2.32. The Balaban J connectivity index is 1.13. The number of aliphatic hydroxyl groups excluding tert-OH is 4. The van der Waals surface area contributed by atoms with Crippen molar-refractivity contribution in [2.45, 2.75) is 198 Å². The number of nitrogens with zero attached hydrogens (tertiary/aromatic N) is 1. The predicted octanol–water partition coefficient (Wildman–Crippen LogP) is 4.39. The number of alkyl halides is 2. The quantitative estimate of drug-likeness (QED) is 0.149. The number of esters is 1. The molecule has 6 aliphatic rings. The Morgan fingerprint density at radius 1 is 1.00 bits per heavy atom. The van der Waals surface area contributed by atoms with Crippen LogP contribution in [0.3, 0.4) is 0 Å². The van der Waals surface area contributed by atoms with Crippen LogP contribution in [0.1, 0.15) is 126 Å². The predicted molar refractivity (Wildman–Crippen MR) is 226 cm³/mol. The lowest BCUT2D eigenvalue weighted by molar-refractivity contribution is -0.236. The Labute approximate surface area is 366 Å². The van der Waals surface area contributed by atoms with Gasteiger partial charge in [0.05, 0.1) is 36.4 Å². The number of fused-ring (bicyclic) bond motifs is 5. The van der Waals surface area contributed by atoms with Crippen LogP contribution in [-0.4, -0.2) is 140 Å². The van der Waals surface area contributed by atoms with Crippen LogP contribution in [-0.2, 0) is 28.6 Å². The first-order chi connectivity index (χ1) is 29.1. The lowest BCUT2D eigenvalue weighted by Gasteiger charge is -2.62. The van der Waals surface area contributed by atoms with E-state index in [4.69, 9.17) is 14.2 Å². The molecule has 2 saturated heterocycles. The first-order valence-corrected chi connectivity index (χ1v) is 23.4. The molecule has 1 amide bonds. The number of aliphatic hydroxyl groups is 5. The summed E-state index contributed by atoms with van der Waals surface area (Å²) in [7, 11) is 0. The number of allylic oxidation sites excluding steroid dienone is 4. The van der Waals surface area contributed by atoms with E-state index >= 15 is 8.78 Å². The summed E-state index contributed by atoms with van der Waals surface area (Å²) in [5, 5.41) is 61.2. The number of halogens is 2. The SMILES string of the molecule is CC[C@H]1OC(=O)[C@H](C)C[C@H](C)C(OC2CCCC(C)O2)[C@H](O)CCCN(CCCNC(=O)[C@@]2(O)CCC3C4C[C@H](F)C5=CC(=O)C=C[C@]5(C)[C@@]4(F)[C@@H](O)C[C@@]32C)[C@H](C)[C@@H](O)[C@@H]1O. The number of hydrogen-bond acceptors (Lipinski definition) is 12. The van der Waals surface area contributed by atoms with E-state index in [9.17, 15) is 39.9 Å². The second kappa shape index (κ2) is 19.2. The number of cyclic esters (lactones) is 1. The molecule has 352 valence electrons. The van der Waals surface area contributed by atoms with E-state index in [1.165, 1.54) is 19.1 Å². The van der Waals surface area contributed by atoms with Crippen LogP contribution in [0.2, 0.25) is 0 Å². The average Bonchev–Trinajstić information content (AvgIpc) is 3.49. The van der Waals surface area contributed by atoms with Gasteiger partial charge in [-0.2, -0.15) is 0 Å². The molecule has 5 unspecified atom stereocenters. The zero-order valence-electron chi connectivity index (χ0n) is 37.8. The van der Waals surface area contributed by atoms with Crippen LogP contribution in [0, 0.1) is 34.5 Å². The number of carbonyl (C=O) groups excluding carboxylic acids is 3. The third kappa shape index (κ3) is 8.96. The molecule has 0 radical (unpaired) electrons. The minimum Gasteiger partial charge on any atom is -0.459 e. The minimum absolute atomic E-state index is 0.00325. The Kier molecular flexibility index (Phi) is 15.2. The fourth-order valence-electron chi connectivity index (χ4n) is 12.4. The van der Waals surface area contributed by atoms with Crippen molar-refractivity contribution in [3.05, 3.63) is 23.8 Å². The molecule has 0 bridgehead atoms. The van der Waals surface area contributed by atoms with Crippen molar-refractivity contribution in [2.75, 3.05) is 19.6 Å². The maximum Gasteiger partial charge on any atom is 0.309 e. The van der Waals surface area contributed by atoms with E-state index in [0.717, 1.165) is 18.9 Å². The number of ketones is 1. The largest absolute Gasteiger partial charge is 0.459 e. The van der Waals surface area contributed by atoms with Crippen LogP contribution in [0.5, 0.6) is 0 Å². The molecule has 0 aromatic carbocycles. The van der Waals surface area contributed by atoms with Gasteiger partial charge in [-0.05, 0) is 134 Å². The molecule has 0 aromatic rings.